The van der Waals surface area contributed by atoms with Gasteiger partial charge in [0.1, 0.15) is 11.4 Å². The van der Waals surface area contributed by atoms with Gasteiger partial charge in [-0.3, -0.25) is 19.4 Å². The summed E-state index contributed by atoms with van der Waals surface area (Å²) in [4.78, 5) is 45.0. The number of benzene rings is 2. The quantitative estimate of drug-likeness (QED) is 0.271. The van der Waals surface area contributed by atoms with Crippen LogP contribution >= 0.6 is 23.2 Å². The average molecular weight is 615 g/mol. The van der Waals surface area contributed by atoms with Crippen LogP contribution in [0.3, 0.4) is 0 Å². The highest BCUT2D eigenvalue weighted by atomic mass is 35.5. The highest BCUT2D eigenvalue weighted by molar-refractivity contribution is 6.48. The third-order valence-corrected chi connectivity index (χ3v) is 9.98. The van der Waals surface area contributed by atoms with Gasteiger partial charge in [-0.15, -0.1) is 0 Å². The second-order valence-electron chi connectivity index (χ2n) is 12.2. The Kier molecular flexibility index (Phi) is 10.0. The summed E-state index contributed by atoms with van der Waals surface area (Å²) < 4.78 is 0. The number of carbonyl (C=O) groups is 3. The van der Waals surface area contributed by atoms with Crippen LogP contribution < -0.4 is 5.32 Å². The summed E-state index contributed by atoms with van der Waals surface area (Å²) in [6, 6.07) is 12.3. The maximum absolute atomic E-state index is 14.4. The van der Waals surface area contributed by atoms with Gasteiger partial charge in [-0.25, -0.2) is 0 Å². The number of carboxylic acid groups (broad SMARTS) is 1. The molecule has 1 unspecified atom stereocenters. The van der Waals surface area contributed by atoms with Crippen molar-refractivity contribution in [2.24, 2.45) is 16.3 Å². The minimum absolute atomic E-state index is 0.0594. The summed E-state index contributed by atoms with van der Waals surface area (Å²) >= 11 is 12.6. The lowest BCUT2D eigenvalue weighted by atomic mass is 9.67. The minimum Gasteiger partial charge on any atom is -0.481 e. The molecule has 1 aliphatic carbocycles. The van der Waals surface area contributed by atoms with E-state index in [0.717, 1.165) is 50.5 Å². The molecule has 42 heavy (non-hydrogen) atoms. The minimum atomic E-state index is -0.966. The van der Waals surface area contributed by atoms with Gasteiger partial charge in [0.25, 0.3) is 11.8 Å². The molecule has 1 atom stereocenters. The van der Waals surface area contributed by atoms with Gasteiger partial charge >= 0.3 is 5.97 Å². The van der Waals surface area contributed by atoms with Crippen LogP contribution in [0.15, 0.2) is 47.5 Å². The first kappa shape index (κ1) is 32.0. The number of nitrogens with zero attached hydrogens (tertiary/aromatic N) is 2. The first-order valence-corrected chi connectivity index (χ1v) is 15.7. The van der Waals surface area contributed by atoms with E-state index in [1.807, 2.05) is 17.0 Å². The molecule has 2 aromatic rings. The zero-order valence-corrected chi connectivity index (χ0v) is 26.4. The molecule has 1 spiro atoms. The number of aliphatic carboxylic acids is 1. The van der Waals surface area contributed by atoms with Gasteiger partial charge in [0.2, 0.25) is 0 Å². The number of carboxylic acids is 1. The summed E-state index contributed by atoms with van der Waals surface area (Å²) in [6.45, 7) is 9.06. The van der Waals surface area contributed by atoms with Gasteiger partial charge in [-0.1, -0.05) is 81.9 Å². The van der Waals surface area contributed by atoms with E-state index in [9.17, 15) is 14.4 Å². The Morgan fingerprint density at radius 3 is 2.33 bits per heavy atom. The van der Waals surface area contributed by atoms with Crippen molar-refractivity contribution in [2.75, 3.05) is 6.54 Å². The van der Waals surface area contributed by atoms with E-state index < -0.39 is 11.6 Å². The Bertz CT molecular complexity index is 1350. The first-order chi connectivity index (χ1) is 19.9. The number of carbonyl (C=O) groups excluding carboxylic acids is 2. The van der Waals surface area contributed by atoms with E-state index >= 15 is 0 Å². The van der Waals surface area contributed by atoms with E-state index in [1.165, 1.54) is 0 Å². The summed E-state index contributed by atoms with van der Waals surface area (Å²) in [5, 5.41) is 12.3. The standard InChI is InChI=1S/C33H41Cl2N3O4/c1-5-7-27(21-8-10-22(11-9-21)30(41)36-19-16-28(39)40)38-31(42)29(23-12-13-25(34)26(35)20-23)37-33(38)17-14-24(15-18-33)32(3,4)6-2/h8-13,20,24,27H,5-7,14-19H2,1-4H3,(H,36,41)(H,39,40). The molecule has 1 saturated carbocycles. The van der Waals surface area contributed by atoms with Crippen LogP contribution in [-0.4, -0.2) is 45.7 Å². The fourth-order valence-electron chi connectivity index (χ4n) is 6.34. The molecule has 2 aromatic carbocycles. The van der Waals surface area contributed by atoms with Crippen molar-refractivity contribution in [1.29, 1.82) is 0 Å². The van der Waals surface area contributed by atoms with E-state index in [-0.39, 0.29) is 36.2 Å². The monoisotopic (exact) mass is 613 g/mol. The van der Waals surface area contributed by atoms with Crippen LogP contribution in [0.5, 0.6) is 0 Å². The van der Waals surface area contributed by atoms with Crippen molar-refractivity contribution in [3.63, 3.8) is 0 Å². The van der Waals surface area contributed by atoms with Crippen molar-refractivity contribution in [3.05, 3.63) is 69.2 Å². The van der Waals surface area contributed by atoms with Gasteiger partial charge in [-0.05, 0) is 73.3 Å². The summed E-state index contributed by atoms with van der Waals surface area (Å²) in [6.07, 6.45) is 6.08. The van der Waals surface area contributed by atoms with E-state index in [2.05, 4.69) is 33.0 Å². The molecule has 4 rings (SSSR count). The average Bonchev–Trinajstić information content (AvgIpc) is 3.24. The van der Waals surface area contributed by atoms with Crippen molar-refractivity contribution in [1.82, 2.24) is 10.2 Å². The van der Waals surface area contributed by atoms with E-state index in [0.29, 0.717) is 32.8 Å². The number of rotatable bonds is 11. The Morgan fingerprint density at radius 1 is 1.10 bits per heavy atom. The molecular weight excluding hydrogens is 573 g/mol. The zero-order valence-electron chi connectivity index (χ0n) is 24.9. The third kappa shape index (κ3) is 6.68. The van der Waals surface area contributed by atoms with Gasteiger partial charge in [0, 0.05) is 17.7 Å². The van der Waals surface area contributed by atoms with Gasteiger partial charge in [-0.2, -0.15) is 0 Å². The van der Waals surface area contributed by atoms with Gasteiger partial charge in [0.05, 0.1) is 22.5 Å². The number of aliphatic imine (C=N–C) groups is 1. The summed E-state index contributed by atoms with van der Waals surface area (Å²) in [7, 11) is 0. The van der Waals surface area contributed by atoms with E-state index in [4.69, 9.17) is 33.3 Å². The molecule has 7 nitrogen and oxygen atoms in total. The highest BCUT2D eigenvalue weighted by Gasteiger charge is 2.52. The predicted molar refractivity (Wildman–Crippen MR) is 167 cm³/mol. The maximum atomic E-state index is 14.4. The Labute approximate surface area is 258 Å². The molecule has 1 aliphatic heterocycles. The molecule has 0 radical (unpaired) electrons. The number of amides is 2. The molecule has 1 fully saturated rings. The molecule has 1 heterocycles. The largest absolute Gasteiger partial charge is 0.481 e. The lowest BCUT2D eigenvalue weighted by molar-refractivity contribution is -0.137. The molecule has 226 valence electrons. The SMILES string of the molecule is CCCC(c1ccc(C(=O)NCCC(=O)O)cc1)N1C(=O)C(c2ccc(Cl)c(Cl)c2)=NC12CCC(C(C)(C)CC)CC2. The fourth-order valence-corrected chi connectivity index (χ4v) is 6.64. The van der Waals surface area contributed by atoms with Crippen LogP contribution in [0.2, 0.25) is 10.0 Å². The summed E-state index contributed by atoms with van der Waals surface area (Å²) in [5.41, 5.74) is 2.01. The Hall–Kier alpha value is -2.90. The molecule has 0 saturated heterocycles. The van der Waals surface area contributed by atoms with Crippen molar-refractivity contribution >= 4 is 46.7 Å². The van der Waals surface area contributed by atoms with Crippen molar-refractivity contribution in [2.45, 2.75) is 90.8 Å². The van der Waals surface area contributed by atoms with Gasteiger partial charge < -0.3 is 15.3 Å². The molecule has 2 amide bonds. The highest BCUT2D eigenvalue weighted by Crippen LogP contribution is 2.50. The molecule has 9 heteroatoms. The van der Waals surface area contributed by atoms with Crippen molar-refractivity contribution in [3.8, 4) is 0 Å². The normalized spacial score (nSPS) is 21.4. The lowest BCUT2D eigenvalue weighted by Gasteiger charge is -2.48. The number of hydrogen-bond acceptors (Lipinski definition) is 4. The smallest absolute Gasteiger partial charge is 0.305 e. The zero-order chi connectivity index (χ0) is 30.7. The fraction of sp³-hybridized carbons (Fsp3) is 0.515. The van der Waals surface area contributed by atoms with Crippen LogP contribution in [0.25, 0.3) is 0 Å². The van der Waals surface area contributed by atoms with Crippen LogP contribution in [-0.2, 0) is 9.59 Å². The number of nitrogens with one attached hydrogen (secondary N) is 1. The van der Waals surface area contributed by atoms with Gasteiger partial charge in [0.15, 0.2) is 0 Å². The van der Waals surface area contributed by atoms with E-state index in [1.54, 1.807) is 30.3 Å². The predicted octanol–water partition coefficient (Wildman–Crippen LogP) is 7.69. The van der Waals surface area contributed by atoms with Crippen molar-refractivity contribution < 1.29 is 19.5 Å². The molecular formula is C33H41Cl2N3O4. The van der Waals surface area contributed by atoms with Crippen LogP contribution in [0.4, 0.5) is 0 Å². The Morgan fingerprint density at radius 2 is 1.76 bits per heavy atom. The second kappa shape index (κ2) is 13.2. The maximum Gasteiger partial charge on any atom is 0.305 e. The molecule has 2 aliphatic rings. The molecule has 0 bridgehead atoms. The molecule has 0 aromatic heterocycles. The number of halogens is 2. The van der Waals surface area contributed by atoms with Crippen LogP contribution in [0.1, 0.15) is 107 Å². The Balaban J connectivity index is 1.69. The number of hydrogen-bond donors (Lipinski definition) is 2. The topological polar surface area (TPSA) is 99.1 Å². The first-order valence-electron chi connectivity index (χ1n) is 14.9. The second-order valence-corrected chi connectivity index (χ2v) is 13.0. The third-order valence-electron chi connectivity index (χ3n) is 9.24. The summed E-state index contributed by atoms with van der Waals surface area (Å²) in [5.74, 6) is -0.856. The molecule has 2 N–H and O–H groups in total. The lowest BCUT2D eigenvalue weighted by Crippen LogP contribution is -2.51. The van der Waals surface area contributed by atoms with Crippen LogP contribution in [0, 0.1) is 11.3 Å².